The molecule has 0 aliphatic rings. The van der Waals surface area contributed by atoms with Crippen LogP contribution in [-0.2, 0) is 6.42 Å². The Labute approximate surface area is 104 Å². The summed E-state index contributed by atoms with van der Waals surface area (Å²) in [4.78, 5) is 0. The van der Waals surface area contributed by atoms with Crippen molar-refractivity contribution in [2.45, 2.75) is 58.4 Å². The van der Waals surface area contributed by atoms with Gasteiger partial charge in [-0.25, -0.2) is 0 Å². The zero-order chi connectivity index (χ0) is 12.1. The second-order valence-corrected chi connectivity index (χ2v) is 5.21. The fourth-order valence-electron chi connectivity index (χ4n) is 1.78. The topological polar surface area (TPSA) is 17.8 Å². The largest absolute Gasteiger partial charge is 0.270 e. The molecule has 1 aromatic heterocycles. The van der Waals surface area contributed by atoms with E-state index in [0.717, 1.165) is 25.0 Å². The Balaban J connectivity index is 2.58. The van der Waals surface area contributed by atoms with Crippen molar-refractivity contribution in [3.8, 4) is 0 Å². The average molecular weight is 243 g/mol. The predicted octanol–water partition coefficient (Wildman–Crippen LogP) is 4.05. The van der Waals surface area contributed by atoms with Gasteiger partial charge in [-0.15, -0.1) is 11.6 Å². The first-order chi connectivity index (χ1) is 7.58. The molecule has 0 aromatic carbocycles. The maximum atomic E-state index is 6.23. The molecule has 2 nitrogen and oxygen atoms in total. The van der Waals surface area contributed by atoms with E-state index < -0.39 is 0 Å². The number of nitrogens with zero attached hydrogens (tertiary/aromatic N) is 2. The minimum absolute atomic E-state index is 0.258. The van der Waals surface area contributed by atoms with Crippen molar-refractivity contribution < 1.29 is 0 Å². The Kier molecular flexibility index (Phi) is 5.33. The van der Waals surface area contributed by atoms with E-state index in [1.807, 2.05) is 0 Å². The molecule has 92 valence electrons. The zero-order valence-corrected chi connectivity index (χ0v) is 11.5. The van der Waals surface area contributed by atoms with Crippen molar-refractivity contribution in [3.63, 3.8) is 0 Å². The molecular weight excluding hydrogens is 220 g/mol. The molecule has 0 fully saturated rings. The van der Waals surface area contributed by atoms with Crippen LogP contribution in [0.3, 0.4) is 0 Å². The Bertz CT molecular complexity index is 309. The number of aromatic nitrogens is 2. The Morgan fingerprint density at radius 3 is 2.56 bits per heavy atom. The van der Waals surface area contributed by atoms with E-state index in [1.54, 1.807) is 0 Å². The number of rotatable bonds is 6. The van der Waals surface area contributed by atoms with Gasteiger partial charge in [0.05, 0.1) is 5.69 Å². The smallest absolute Gasteiger partial charge is 0.0627 e. The highest BCUT2D eigenvalue weighted by molar-refractivity contribution is 6.20. The molecule has 0 bridgehead atoms. The van der Waals surface area contributed by atoms with Crippen LogP contribution in [0.2, 0.25) is 0 Å². The molecule has 3 atom stereocenters. The first kappa shape index (κ1) is 13.6. The Hall–Kier alpha value is -0.500. The summed E-state index contributed by atoms with van der Waals surface area (Å²) >= 11 is 6.23. The maximum absolute atomic E-state index is 6.23. The normalized spacial score (nSPS) is 17.1. The third kappa shape index (κ3) is 3.51. The molecule has 0 saturated heterocycles. The summed E-state index contributed by atoms with van der Waals surface area (Å²) in [6, 6.07) is 2.60. The highest BCUT2D eigenvalue weighted by Gasteiger charge is 2.14. The van der Waals surface area contributed by atoms with Crippen LogP contribution in [0.1, 0.15) is 52.3 Å². The third-order valence-corrected chi connectivity index (χ3v) is 3.98. The van der Waals surface area contributed by atoms with Gasteiger partial charge in [-0.05, 0) is 38.2 Å². The molecule has 0 N–H and O–H groups in total. The minimum atomic E-state index is 0.258. The van der Waals surface area contributed by atoms with Crippen LogP contribution in [0, 0.1) is 5.92 Å². The zero-order valence-electron chi connectivity index (χ0n) is 10.8. The number of hydrogen-bond donors (Lipinski definition) is 0. The van der Waals surface area contributed by atoms with Gasteiger partial charge in [0.1, 0.15) is 0 Å². The SMILES string of the molecule is CCC(Cl)C(C)Cc1ccn(C(C)CC)n1. The van der Waals surface area contributed by atoms with Crippen LogP contribution in [0.25, 0.3) is 0 Å². The van der Waals surface area contributed by atoms with Crippen LogP contribution in [0.4, 0.5) is 0 Å². The molecule has 1 aromatic rings. The van der Waals surface area contributed by atoms with Crippen molar-refractivity contribution >= 4 is 11.6 Å². The average Bonchev–Trinajstić information content (AvgIpc) is 2.75. The van der Waals surface area contributed by atoms with Gasteiger partial charge >= 0.3 is 0 Å². The number of halogens is 1. The van der Waals surface area contributed by atoms with E-state index in [1.165, 1.54) is 0 Å². The summed E-state index contributed by atoms with van der Waals surface area (Å²) in [6.45, 7) is 8.70. The third-order valence-electron chi connectivity index (χ3n) is 3.24. The predicted molar refractivity (Wildman–Crippen MR) is 70.0 cm³/mol. The van der Waals surface area contributed by atoms with Gasteiger partial charge in [0.15, 0.2) is 0 Å². The molecule has 1 rings (SSSR count). The maximum Gasteiger partial charge on any atom is 0.0627 e. The lowest BCUT2D eigenvalue weighted by Crippen LogP contribution is -2.14. The molecule has 16 heavy (non-hydrogen) atoms. The molecule has 0 spiro atoms. The van der Waals surface area contributed by atoms with Crippen molar-refractivity contribution in [1.82, 2.24) is 9.78 Å². The molecule has 0 aliphatic carbocycles. The Morgan fingerprint density at radius 1 is 1.31 bits per heavy atom. The molecule has 0 aliphatic heterocycles. The first-order valence-electron chi connectivity index (χ1n) is 6.26. The van der Waals surface area contributed by atoms with E-state index >= 15 is 0 Å². The lowest BCUT2D eigenvalue weighted by molar-refractivity contribution is 0.463. The molecule has 0 amide bonds. The van der Waals surface area contributed by atoms with Crippen LogP contribution in [-0.4, -0.2) is 15.2 Å². The molecule has 3 unspecified atom stereocenters. The summed E-state index contributed by atoms with van der Waals surface area (Å²) in [7, 11) is 0. The van der Waals surface area contributed by atoms with Gasteiger partial charge in [0, 0.05) is 17.6 Å². The van der Waals surface area contributed by atoms with E-state index in [-0.39, 0.29) is 5.38 Å². The van der Waals surface area contributed by atoms with E-state index in [0.29, 0.717) is 12.0 Å². The van der Waals surface area contributed by atoms with Gasteiger partial charge in [-0.3, -0.25) is 4.68 Å². The number of hydrogen-bond acceptors (Lipinski definition) is 1. The second-order valence-electron chi connectivity index (χ2n) is 4.65. The minimum Gasteiger partial charge on any atom is -0.270 e. The van der Waals surface area contributed by atoms with E-state index in [4.69, 9.17) is 11.6 Å². The van der Waals surface area contributed by atoms with Gasteiger partial charge in [-0.2, -0.15) is 5.10 Å². The van der Waals surface area contributed by atoms with E-state index in [2.05, 4.69) is 49.7 Å². The van der Waals surface area contributed by atoms with Gasteiger partial charge in [0.2, 0.25) is 0 Å². The summed E-state index contributed by atoms with van der Waals surface area (Å²) in [6.07, 6.45) is 5.19. The second kappa shape index (κ2) is 6.29. The summed E-state index contributed by atoms with van der Waals surface area (Å²) < 4.78 is 2.05. The van der Waals surface area contributed by atoms with Gasteiger partial charge in [0.25, 0.3) is 0 Å². The molecule has 1 heterocycles. The quantitative estimate of drug-likeness (QED) is 0.689. The van der Waals surface area contributed by atoms with Crippen molar-refractivity contribution in [2.24, 2.45) is 5.92 Å². The lowest BCUT2D eigenvalue weighted by atomic mass is 10.00. The van der Waals surface area contributed by atoms with Gasteiger partial charge < -0.3 is 0 Å². The molecule has 0 saturated carbocycles. The fraction of sp³-hybridized carbons (Fsp3) is 0.769. The standard InChI is InChI=1S/C13H23ClN2/c1-5-11(4)16-8-7-12(15-16)9-10(3)13(14)6-2/h7-8,10-11,13H,5-6,9H2,1-4H3. The molecule has 3 heteroatoms. The summed E-state index contributed by atoms with van der Waals surface area (Å²) in [5.74, 6) is 0.493. The van der Waals surface area contributed by atoms with Crippen LogP contribution >= 0.6 is 11.6 Å². The Morgan fingerprint density at radius 2 is 2.00 bits per heavy atom. The van der Waals surface area contributed by atoms with Crippen LogP contribution in [0.15, 0.2) is 12.3 Å². The van der Waals surface area contributed by atoms with E-state index in [9.17, 15) is 0 Å². The van der Waals surface area contributed by atoms with Gasteiger partial charge in [-0.1, -0.05) is 20.8 Å². The number of alkyl halides is 1. The van der Waals surface area contributed by atoms with Crippen molar-refractivity contribution in [1.29, 1.82) is 0 Å². The summed E-state index contributed by atoms with van der Waals surface area (Å²) in [5.41, 5.74) is 1.16. The lowest BCUT2D eigenvalue weighted by Gasteiger charge is -2.14. The van der Waals surface area contributed by atoms with Crippen LogP contribution < -0.4 is 0 Å². The molecule has 0 radical (unpaired) electrons. The first-order valence-corrected chi connectivity index (χ1v) is 6.70. The molecular formula is C13H23ClN2. The fourth-order valence-corrected chi connectivity index (χ4v) is 1.87. The highest BCUT2D eigenvalue weighted by atomic mass is 35.5. The van der Waals surface area contributed by atoms with Crippen molar-refractivity contribution in [2.75, 3.05) is 0 Å². The van der Waals surface area contributed by atoms with Crippen LogP contribution in [0.5, 0.6) is 0 Å². The van der Waals surface area contributed by atoms with Crippen molar-refractivity contribution in [3.05, 3.63) is 18.0 Å². The monoisotopic (exact) mass is 242 g/mol. The highest BCUT2D eigenvalue weighted by Crippen LogP contribution is 2.19. The summed E-state index contributed by atoms with van der Waals surface area (Å²) in [5, 5.41) is 4.85.